The van der Waals surface area contributed by atoms with Crippen molar-refractivity contribution < 1.29 is 19.1 Å². The lowest BCUT2D eigenvalue weighted by atomic mass is 9.97. The van der Waals surface area contributed by atoms with E-state index >= 15 is 0 Å². The molecule has 0 bridgehead atoms. The van der Waals surface area contributed by atoms with Gasteiger partial charge in [-0.25, -0.2) is 4.79 Å². The van der Waals surface area contributed by atoms with Crippen LogP contribution in [0.15, 0.2) is 41.8 Å². The summed E-state index contributed by atoms with van der Waals surface area (Å²) < 4.78 is 11.0. The number of anilines is 1. The number of thiophene rings is 1. The van der Waals surface area contributed by atoms with Crippen molar-refractivity contribution in [2.24, 2.45) is 0 Å². The van der Waals surface area contributed by atoms with Crippen molar-refractivity contribution in [3.8, 4) is 16.9 Å². The molecule has 1 aromatic heterocycles. The Balaban J connectivity index is 1.85. The van der Waals surface area contributed by atoms with E-state index in [2.05, 4.69) is 11.4 Å². The minimum Gasteiger partial charge on any atom is -0.483 e. The van der Waals surface area contributed by atoms with Crippen LogP contribution in [0.1, 0.15) is 39.5 Å². The molecular weight excluding hydrogens is 410 g/mol. The zero-order valence-electron chi connectivity index (χ0n) is 18.5. The van der Waals surface area contributed by atoms with Gasteiger partial charge in [0.05, 0.1) is 6.61 Å². The molecule has 31 heavy (non-hydrogen) atoms. The van der Waals surface area contributed by atoms with Crippen LogP contribution in [0, 0.1) is 27.7 Å². The molecule has 0 aliphatic carbocycles. The van der Waals surface area contributed by atoms with Crippen LogP contribution in [0.4, 0.5) is 5.00 Å². The van der Waals surface area contributed by atoms with Crippen LogP contribution in [0.3, 0.4) is 0 Å². The molecule has 6 heteroatoms. The van der Waals surface area contributed by atoms with Crippen molar-refractivity contribution in [2.75, 3.05) is 18.5 Å². The summed E-state index contributed by atoms with van der Waals surface area (Å²) in [6.45, 7) is 9.85. The summed E-state index contributed by atoms with van der Waals surface area (Å²) in [7, 11) is 0. The molecule has 0 fully saturated rings. The van der Waals surface area contributed by atoms with E-state index in [1.54, 1.807) is 6.92 Å². The third-order valence-electron chi connectivity index (χ3n) is 5.11. The lowest BCUT2D eigenvalue weighted by Gasteiger charge is -2.12. The summed E-state index contributed by atoms with van der Waals surface area (Å²) in [5.74, 6) is -0.118. The van der Waals surface area contributed by atoms with Gasteiger partial charge in [0.25, 0.3) is 5.91 Å². The molecule has 5 nitrogen and oxygen atoms in total. The predicted molar refractivity (Wildman–Crippen MR) is 125 cm³/mol. The average Bonchev–Trinajstić information content (AvgIpc) is 3.12. The van der Waals surface area contributed by atoms with Crippen molar-refractivity contribution in [2.45, 2.75) is 34.6 Å². The van der Waals surface area contributed by atoms with E-state index < -0.39 is 5.97 Å². The van der Waals surface area contributed by atoms with Gasteiger partial charge in [-0.3, -0.25) is 4.79 Å². The highest BCUT2D eigenvalue weighted by Crippen LogP contribution is 2.38. The van der Waals surface area contributed by atoms with Crippen molar-refractivity contribution >= 4 is 28.2 Å². The number of aryl methyl sites for hydroxylation is 3. The maximum absolute atomic E-state index is 12.7. The summed E-state index contributed by atoms with van der Waals surface area (Å²) in [5, 5.41) is 5.17. The van der Waals surface area contributed by atoms with Gasteiger partial charge in [-0.05, 0) is 62.9 Å². The normalized spacial score (nSPS) is 10.6. The quantitative estimate of drug-likeness (QED) is 0.472. The van der Waals surface area contributed by atoms with E-state index in [1.807, 2.05) is 63.4 Å². The Bertz CT molecular complexity index is 1120. The molecule has 0 aliphatic rings. The molecule has 2 aromatic carbocycles. The largest absolute Gasteiger partial charge is 0.483 e. The number of amides is 1. The third kappa shape index (κ3) is 5.14. The number of nitrogens with one attached hydrogen (secondary N) is 1. The Morgan fingerprint density at radius 2 is 1.77 bits per heavy atom. The number of esters is 1. The first kappa shape index (κ1) is 22.6. The molecule has 1 amide bonds. The SMILES string of the molecule is CCOC(=O)c1c(-c2ccc(C)cc2C)csc1NC(=O)COc1cccc(C)c1C. The van der Waals surface area contributed by atoms with Gasteiger partial charge < -0.3 is 14.8 Å². The van der Waals surface area contributed by atoms with Crippen LogP contribution in [0.25, 0.3) is 11.1 Å². The second-order valence-electron chi connectivity index (χ2n) is 7.43. The third-order valence-corrected chi connectivity index (χ3v) is 6.00. The van der Waals surface area contributed by atoms with Crippen LogP contribution in [-0.2, 0) is 9.53 Å². The number of hydrogen-bond acceptors (Lipinski definition) is 5. The number of carbonyl (C=O) groups excluding carboxylic acids is 2. The van der Waals surface area contributed by atoms with Gasteiger partial charge in [-0.15, -0.1) is 11.3 Å². The van der Waals surface area contributed by atoms with Crippen LogP contribution in [0.2, 0.25) is 0 Å². The predicted octanol–water partition coefficient (Wildman–Crippen LogP) is 5.84. The van der Waals surface area contributed by atoms with E-state index in [1.165, 1.54) is 11.3 Å². The smallest absolute Gasteiger partial charge is 0.341 e. The minimum absolute atomic E-state index is 0.149. The van der Waals surface area contributed by atoms with Crippen LogP contribution < -0.4 is 10.1 Å². The molecule has 0 atom stereocenters. The number of ether oxygens (including phenoxy) is 2. The zero-order chi connectivity index (χ0) is 22.5. The fourth-order valence-electron chi connectivity index (χ4n) is 3.36. The molecule has 1 N–H and O–H groups in total. The van der Waals surface area contributed by atoms with Crippen LogP contribution in [-0.4, -0.2) is 25.1 Å². The molecule has 3 rings (SSSR count). The first-order valence-corrected chi connectivity index (χ1v) is 11.0. The Morgan fingerprint density at radius 1 is 1.00 bits per heavy atom. The summed E-state index contributed by atoms with van der Waals surface area (Å²) in [4.78, 5) is 25.3. The highest BCUT2D eigenvalue weighted by atomic mass is 32.1. The Kier molecular flexibility index (Phi) is 7.13. The second kappa shape index (κ2) is 9.79. The number of carbonyl (C=O) groups is 2. The molecule has 0 saturated heterocycles. The lowest BCUT2D eigenvalue weighted by molar-refractivity contribution is -0.118. The maximum atomic E-state index is 12.7. The Hall–Kier alpha value is -3.12. The van der Waals surface area contributed by atoms with Gasteiger partial charge in [0.2, 0.25) is 0 Å². The van der Waals surface area contributed by atoms with Crippen LogP contribution >= 0.6 is 11.3 Å². The van der Waals surface area contributed by atoms with Crippen molar-refractivity contribution in [1.82, 2.24) is 0 Å². The fourth-order valence-corrected chi connectivity index (χ4v) is 4.32. The first-order chi connectivity index (χ1) is 14.8. The van der Waals surface area contributed by atoms with E-state index in [-0.39, 0.29) is 19.1 Å². The molecule has 162 valence electrons. The second-order valence-corrected chi connectivity index (χ2v) is 8.31. The van der Waals surface area contributed by atoms with Gasteiger partial charge in [0.15, 0.2) is 6.61 Å². The van der Waals surface area contributed by atoms with Gasteiger partial charge in [-0.2, -0.15) is 0 Å². The minimum atomic E-state index is -0.454. The van der Waals surface area contributed by atoms with E-state index in [9.17, 15) is 9.59 Å². The molecular formula is C25H27NO4S. The van der Waals surface area contributed by atoms with Crippen molar-refractivity contribution in [3.05, 3.63) is 69.6 Å². The number of rotatable bonds is 7. The van der Waals surface area contributed by atoms with Crippen LogP contribution in [0.5, 0.6) is 5.75 Å². The molecule has 3 aromatic rings. The van der Waals surface area contributed by atoms with Crippen molar-refractivity contribution in [3.63, 3.8) is 0 Å². The maximum Gasteiger partial charge on any atom is 0.341 e. The molecule has 0 radical (unpaired) electrons. The zero-order valence-corrected chi connectivity index (χ0v) is 19.3. The van der Waals surface area contributed by atoms with E-state index in [0.29, 0.717) is 16.3 Å². The monoisotopic (exact) mass is 437 g/mol. The molecule has 0 spiro atoms. The summed E-state index contributed by atoms with van der Waals surface area (Å²) in [6.07, 6.45) is 0. The summed E-state index contributed by atoms with van der Waals surface area (Å²) in [6, 6.07) is 11.8. The lowest BCUT2D eigenvalue weighted by Crippen LogP contribution is -2.21. The average molecular weight is 438 g/mol. The fraction of sp³-hybridized carbons (Fsp3) is 0.280. The van der Waals surface area contributed by atoms with Crippen molar-refractivity contribution in [1.29, 1.82) is 0 Å². The standard InChI is InChI=1S/C25H27NO4S/c1-6-29-25(28)23-20(19-11-10-15(2)12-17(19)4)14-31-24(23)26-22(27)13-30-21-9-7-8-16(3)18(21)5/h7-12,14H,6,13H2,1-5H3,(H,26,27). The summed E-state index contributed by atoms with van der Waals surface area (Å²) in [5.41, 5.74) is 6.36. The Morgan fingerprint density at radius 3 is 2.48 bits per heavy atom. The Labute approximate surface area is 187 Å². The van der Waals surface area contributed by atoms with Gasteiger partial charge in [0, 0.05) is 10.9 Å². The number of benzene rings is 2. The molecule has 0 aliphatic heterocycles. The topological polar surface area (TPSA) is 64.6 Å². The van der Waals surface area contributed by atoms with Gasteiger partial charge in [0.1, 0.15) is 16.3 Å². The van der Waals surface area contributed by atoms with E-state index in [0.717, 1.165) is 33.4 Å². The first-order valence-electron chi connectivity index (χ1n) is 10.2. The molecule has 0 saturated carbocycles. The summed E-state index contributed by atoms with van der Waals surface area (Å²) >= 11 is 1.31. The molecule has 0 unspecified atom stereocenters. The highest BCUT2D eigenvalue weighted by Gasteiger charge is 2.23. The highest BCUT2D eigenvalue weighted by molar-refractivity contribution is 7.15. The molecule has 1 heterocycles. The van der Waals surface area contributed by atoms with E-state index in [4.69, 9.17) is 9.47 Å². The van der Waals surface area contributed by atoms with Gasteiger partial charge in [-0.1, -0.05) is 35.9 Å². The number of hydrogen-bond donors (Lipinski definition) is 1. The van der Waals surface area contributed by atoms with Gasteiger partial charge >= 0.3 is 5.97 Å².